The molecule has 0 unspecified atom stereocenters. The van der Waals surface area contributed by atoms with E-state index in [0.29, 0.717) is 12.0 Å². The number of nitrogens with zero attached hydrogens (tertiary/aromatic N) is 1. The van der Waals surface area contributed by atoms with Gasteiger partial charge in [-0.15, -0.1) is 0 Å². The van der Waals surface area contributed by atoms with Crippen molar-refractivity contribution in [2.24, 2.45) is 23.1 Å². The predicted octanol–water partition coefficient (Wildman–Crippen LogP) is -5.59. The molecule has 65 heavy (non-hydrogen) atoms. The summed E-state index contributed by atoms with van der Waals surface area (Å²) >= 11 is 0. The van der Waals surface area contributed by atoms with Crippen LogP contribution in [0.25, 0.3) is 0 Å². The fraction of sp³-hybridized carbons (Fsp3) is 0.550. The van der Waals surface area contributed by atoms with Gasteiger partial charge in [0.2, 0.25) is 70.9 Å². The van der Waals surface area contributed by atoms with Crippen LogP contribution in [0.3, 0.4) is 0 Å². The van der Waals surface area contributed by atoms with Gasteiger partial charge in [-0.2, -0.15) is 0 Å². The third-order valence-electron chi connectivity index (χ3n) is 10.1. The minimum Gasteiger partial charge on any atom is -0.508 e. The van der Waals surface area contributed by atoms with Gasteiger partial charge in [0.15, 0.2) is 0 Å². The Morgan fingerprint density at radius 2 is 1.40 bits per heavy atom. The summed E-state index contributed by atoms with van der Waals surface area (Å²) in [5.41, 5.74) is 14.7. The first-order valence-corrected chi connectivity index (χ1v) is 20.6. The summed E-state index contributed by atoms with van der Waals surface area (Å²) < 4.78 is 0. The summed E-state index contributed by atoms with van der Waals surface area (Å²) in [5.74, 6) is -11.9. The second-order valence-electron chi connectivity index (χ2n) is 16.1. The number of carbonyl (C=O) groups excluding carboxylic acids is 12. The highest BCUT2D eigenvalue weighted by Gasteiger charge is 2.36. The van der Waals surface area contributed by atoms with Crippen molar-refractivity contribution in [2.45, 2.75) is 108 Å². The summed E-state index contributed by atoms with van der Waals surface area (Å²) in [6, 6.07) is -2.14. The minimum atomic E-state index is -1.83. The Kier molecular flexibility index (Phi) is 20.8. The van der Waals surface area contributed by atoms with Crippen molar-refractivity contribution in [3.63, 3.8) is 0 Å². The Bertz CT molecular complexity index is 1980. The second-order valence-corrected chi connectivity index (χ2v) is 16.1. The summed E-state index contributed by atoms with van der Waals surface area (Å²) in [5, 5.41) is 29.0. The highest BCUT2D eigenvalue weighted by atomic mass is 16.3. The molecule has 1 saturated heterocycles. The van der Waals surface area contributed by atoms with E-state index < -0.39 is 164 Å². The van der Waals surface area contributed by atoms with Crippen LogP contribution in [-0.4, -0.2) is 143 Å². The van der Waals surface area contributed by atoms with Gasteiger partial charge >= 0.3 is 0 Å². The molecule has 1 aliphatic heterocycles. The average Bonchev–Trinajstić information content (AvgIpc) is 3.22. The molecule has 0 spiro atoms. The van der Waals surface area contributed by atoms with Crippen molar-refractivity contribution in [3.05, 3.63) is 29.8 Å². The third-order valence-corrected chi connectivity index (χ3v) is 10.1. The SMILES string of the molecule is CC[C@H](C)[C@@H]1NC(=O)[C@H](Cc2ccc(O)cc2)NC(=O)CNC(=O)CC[C@@H](C(=O)N(C)CC(=O)NC(C)(C)C(=O)NCC(N)=O)NC(=O)[C@H](CC(N)=O)NC(=O)[C@H](CCC(N)=O)NC1=O. The highest BCUT2D eigenvalue weighted by molar-refractivity contribution is 5.99. The lowest BCUT2D eigenvalue weighted by Gasteiger charge is -2.30. The number of nitrogens with one attached hydrogen (secondary N) is 8. The van der Waals surface area contributed by atoms with E-state index in [1.807, 2.05) is 0 Å². The van der Waals surface area contributed by atoms with Gasteiger partial charge < -0.3 is 69.7 Å². The number of aromatic hydroxyl groups is 1. The van der Waals surface area contributed by atoms with E-state index in [9.17, 15) is 62.6 Å². The molecular formula is C40H60N12O13. The number of nitrogens with two attached hydrogens (primary N) is 3. The van der Waals surface area contributed by atoms with Gasteiger partial charge in [0.25, 0.3) is 0 Å². The van der Waals surface area contributed by atoms with E-state index in [1.165, 1.54) is 38.1 Å². The molecule has 0 aromatic heterocycles. The van der Waals surface area contributed by atoms with Gasteiger partial charge in [0, 0.05) is 26.3 Å². The Morgan fingerprint density at radius 3 is 1.98 bits per heavy atom. The van der Waals surface area contributed by atoms with Gasteiger partial charge in [-0.25, -0.2) is 0 Å². The van der Waals surface area contributed by atoms with Crippen LogP contribution < -0.4 is 59.7 Å². The van der Waals surface area contributed by atoms with Gasteiger partial charge in [-0.3, -0.25) is 57.5 Å². The molecule has 0 radical (unpaired) electrons. The molecule has 12 amide bonds. The molecule has 1 aromatic carbocycles. The van der Waals surface area contributed by atoms with E-state index >= 15 is 0 Å². The van der Waals surface area contributed by atoms with Crippen LogP contribution >= 0.6 is 0 Å². The molecule has 6 atom stereocenters. The molecule has 1 heterocycles. The Labute approximate surface area is 374 Å². The average molecular weight is 917 g/mol. The van der Waals surface area contributed by atoms with Gasteiger partial charge in [0.05, 0.1) is 26.1 Å². The van der Waals surface area contributed by atoms with Crippen molar-refractivity contribution < 1.29 is 62.6 Å². The van der Waals surface area contributed by atoms with E-state index in [4.69, 9.17) is 17.2 Å². The van der Waals surface area contributed by atoms with Crippen LogP contribution in [-0.2, 0) is 64.0 Å². The zero-order valence-electron chi connectivity index (χ0n) is 36.9. The van der Waals surface area contributed by atoms with Crippen molar-refractivity contribution >= 4 is 70.9 Å². The number of hydrogen-bond acceptors (Lipinski definition) is 13. The molecule has 0 saturated carbocycles. The van der Waals surface area contributed by atoms with E-state index in [1.54, 1.807) is 13.8 Å². The van der Waals surface area contributed by atoms with Crippen LogP contribution in [0.2, 0.25) is 0 Å². The maximum absolute atomic E-state index is 13.9. The van der Waals surface area contributed by atoms with E-state index in [0.717, 1.165) is 11.9 Å². The first-order chi connectivity index (χ1) is 30.3. The first-order valence-electron chi connectivity index (χ1n) is 20.6. The number of rotatable bonds is 16. The number of carbonyl (C=O) groups is 12. The lowest BCUT2D eigenvalue weighted by atomic mass is 9.96. The summed E-state index contributed by atoms with van der Waals surface area (Å²) in [6.45, 7) is 4.03. The quantitative estimate of drug-likeness (QED) is 0.0737. The van der Waals surface area contributed by atoms with Gasteiger partial charge in [0.1, 0.15) is 41.5 Å². The van der Waals surface area contributed by atoms with Gasteiger partial charge in [-0.05, 0) is 50.3 Å². The normalized spacial score (nSPS) is 21.0. The highest BCUT2D eigenvalue weighted by Crippen LogP contribution is 2.14. The summed E-state index contributed by atoms with van der Waals surface area (Å²) in [6.07, 6.45) is -2.62. The number of amides is 12. The zero-order chi connectivity index (χ0) is 49.2. The third kappa shape index (κ3) is 18.5. The molecule has 0 bridgehead atoms. The molecule has 1 aliphatic rings. The molecule has 25 heteroatoms. The predicted molar refractivity (Wildman–Crippen MR) is 227 cm³/mol. The molecular weight excluding hydrogens is 857 g/mol. The van der Waals surface area contributed by atoms with Gasteiger partial charge in [-0.1, -0.05) is 32.4 Å². The van der Waals surface area contributed by atoms with Crippen molar-refractivity contribution in [1.82, 2.24) is 47.4 Å². The monoisotopic (exact) mass is 916 g/mol. The van der Waals surface area contributed by atoms with Crippen LogP contribution in [0.15, 0.2) is 24.3 Å². The molecule has 15 N–H and O–H groups in total. The lowest BCUT2D eigenvalue weighted by Crippen LogP contribution is -2.61. The maximum Gasteiger partial charge on any atom is 0.245 e. The fourth-order valence-corrected chi connectivity index (χ4v) is 6.24. The van der Waals surface area contributed by atoms with Crippen molar-refractivity contribution in [1.29, 1.82) is 0 Å². The molecule has 358 valence electrons. The van der Waals surface area contributed by atoms with Crippen molar-refractivity contribution in [3.8, 4) is 5.75 Å². The zero-order valence-corrected chi connectivity index (χ0v) is 36.9. The number of hydrogen-bond donors (Lipinski definition) is 12. The number of phenolic OH excluding ortho intramolecular Hbond substituents is 1. The standard InChI is InChI=1S/C40H60N12O13/c1-6-20(2)33-37(63)47-23(11-13-27(41)54)34(60)49-26(16-28(42)55)35(61)48-24(38(64)52(5)19-32(59)51-40(3,4)39(65)45-17-29(43)56)12-14-30(57)44-18-31(58)46-25(36(62)50-33)15-21-7-9-22(53)10-8-21/h7-10,20,23-26,33,53H,6,11-19H2,1-5H3,(H2,41,54)(H2,42,55)(H2,43,56)(H,44,57)(H,45,65)(H,46,58)(H,47,63)(H,48,61)(H,49,60)(H,50,62)(H,51,59)/t20-,23-,24-,25-,26-,33-/m0/s1. The van der Waals surface area contributed by atoms with Crippen LogP contribution in [0.4, 0.5) is 0 Å². The largest absolute Gasteiger partial charge is 0.508 e. The van der Waals surface area contributed by atoms with Crippen LogP contribution in [0, 0.1) is 5.92 Å². The summed E-state index contributed by atoms with van der Waals surface area (Å²) in [4.78, 5) is 157. The molecule has 0 aliphatic carbocycles. The van der Waals surface area contributed by atoms with E-state index in [2.05, 4.69) is 42.5 Å². The van der Waals surface area contributed by atoms with Crippen molar-refractivity contribution in [2.75, 3.05) is 26.7 Å². The minimum absolute atomic E-state index is 0.0733. The maximum atomic E-state index is 13.9. The Morgan fingerprint density at radius 1 is 0.800 bits per heavy atom. The number of benzene rings is 1. The van der Waals surface area contributed by atoms with Crippen LogP contribution in [0.5, 0.6) is 5.75 Å². The Balaban J connectivity index is 2.58. The fourth-order valence-electron chi connectivity index (χ4n) is 6.24. The topological polar surface area (TPSA) is 403 Å². The molecule has 2 rings (SSSR count). The lowest BCUT2D eigenvalue weighted by molar-refractivity contribution is -0.140. The molecule has 1 fully saturated rings. The van der Waals surface area contributed by atoms with Crippen LogP contribution in [0.1, 0.15) is 71.8 Å². The number of primary amides is 3. The second kappa shape index (κ2) is 25.1. The number of phenols is 1. The number of likely N-dealkylation sites (N-methyl/N-ethyl adjacent to an activating group) is 1. The molecule has 1 aromatic rings. The first kappa shape index (κ1) is 53.8. The van der Waals surface area contributed by atoms with E-state index in [-0.39, 0.29) is 12.2 Å². The molecule has 25 nitrogen and oxygen atoms in total. The summed E-state index contributed by atoms with van der Waals surface area (Å²) in [7, 11) is 1.15. The smallest absolute Gasteiger partial charge is 0.245 e. The Hall–Kier alpha value is -7.34.